The van der Waals surface area contributed by atoms with Gasteiger partial charge in [0, 0.05) is 54.3 Å². The van der Waals surface area contributed by atoms with E-state index in [9.17, 15) is 4.79 Å². The third-order valence-electron chi connectivity index (χ3n) is 9.78. The molecule has 10 heteroatoms. The number of rotatable bonds is 5. The second-order valence-electron chi connectivity index (χ2n) is 12.3. The van der Waals surface area contributed by atoms with Gasteiger partial charge in [0.1, 0.15) is 23.6 Å². The van der Waals surface area contributed by atoms with Crippen molar-refractivity contribution >= 4 is 45.0 Å². The molecule has 3 unspecified atom stereocenters. The summed E-state index contributed by atoms with van der Waals surface area (Å²) in [5.41, 5.74) is 0.648. The molecule has 4 aromatic rings. The van der Waals surface area contributed by atoms with Crippen LogP contribution in [0.25, 0.3) is 32.9 Å². The molecule has 216 valence electrons. The number of nitrogens with one attached hydrogen (secondary N) is 1. The Hall–Kier alpha value is -3.56. The van der Waals surface area contributed by atoms with Crippen LogP contribution in [0.5, 0.6) is 6.01 Å². The number of ether oxygens (including phenoxy) is 1. The van der Waals surface area contributed by atoms with Crippen LogP contribution in [-0.4, -0.2) is 70.1 Å². The molecule has 2 bridgehead atoms. The second kappa shape index (κ2) is 10.0. The summed E-state index contributed by atoms with van der Waals surface area (Å²) in [5, 5.41) is 6.38. The minimum Gasteiger partial charge on any atom is -0.461 e. The average molecular weight is 587 g/mol. The minimum absolute atomic E-state index is 0.132. The van der Waals surface area contributed by atoms with Crippen LogP contribution in [0.4, 0.5) is 10.2 Å². The number of benzene rings is 2. The monoisotopic (exact) mass is 586 g/mol. The number of carbonyl (C=O) groups is 1. The number of halogens is 2. The molecular weight excluding hydrogens is 555 g/mol. The van der Waals surface area contributed by atoms with Gasteiger partial charge in [0.2, 0.25) is 5.91 Å². The number of fused-ring (bicyclic) bond motifs is 5. The van der Waals surface area contributed by atoms with Crippen LogP contribution >= 0.6 is 11.6 Å². The first kappa shape index (κ1) is 26.1. The van der Waals surface area contributed by atoms with E-state index in [-0.39, 0.29) is 28.7 Å². The van der Waals surface area contributed by atoms with Gasteiger partial charge in [-0.1, -0.05) is 41.9 Å². The van der Waals surface area contributed by atoms with Gasteiger partial charge in [0.15, 0.2) is 5.82 Å². The lowest BCUT2D eigenvalue weighted by Crippen LogP contribution is -2.45. The first-order chi connectivity index (χ1) is 20.5. The fraction of sp³-hybridized carbons (Fsp3) is 0.438. The first-order valence-electron chi connectivity index (χ1n) is 14.9. The van der Waals surface area contributed by atoms with Gasteiger partial charge < -0.3 is 19.9 Å². The number of hydrogen-bond donors (Lipinski definition) is 1. The third-order valence-corrected chi connectivity index (χ3v) is 10.1. The second-order valence-corrected chi connectivity index (χ2v) is 12.7. The Morgan fingerprint density at radius 2 is 2.02 bits per heavy atom. The van der Waals surface area contributed by atoms with Crippen molar-refractivity contribution in [1.29, 1.82) is 0 Å². The number of anilines is 1. The van der Waals surface area contributed by atoms with E-state index in [0.717, 1.165) is 69.1 Å². The van der Waals surface area contributed by atoms with Gasteiger partial charge >= 0.3 is 6.01 Å². The van der Waals surface area contributed by atoms with E-state index in [4.69, 9.17) is 21.3 Å². The zero-order chi connectivity index (χ0) is 28.4. The third kappa shape index (κ3) is 4.20. The highest BCUT2D eigenvalue weighted by Crippen LogP contribution is 2.41. The highest BCUT2D eigenvalue weighted by molar-refractivity contribution is 6.36. The van der Waals surface area contributed by atoms with Gasteiger partial charge in [0.25, 0.3) is 0 Å². The molecular formula is C32H32ClFN6O2. The molecule has 6 heterocycles. The molecule has 8 rings (SSSR count). The summed E-state index contributed by atoms with van der Waals surface area (Å²) >= 11 is 6.60. The molecule has 0 aliphatic carbocycles. The van der Waals surface area contributed by atoms with E-state index in [0.29, 0.717) is 46.8 Å². The Morgan fingerprint density at radius 1 is 1.14 bits per heavy atom. The van der Waals surface area contributed by atoms with Crippen molar-refractivity contribution in [2.75, 3.05) is 37.7 Å². The largest absolute Gasteiger partial charge is 0.461 e. The van der Waals surface area contributed by atoms with E-state index in [2.05, 4.69) is 20.2 Å². The van der Waals surface area contributed by atoms with E-state index in [1.54, 1.807) is 12.3 Å². The summed E-state index contributed by atoms with van der Waals surface area (Å²) in [6.07, 6.45) is 7.00. The van der Waals surface area contributed by atoms with Crippen molar-refractivity contribution < 1.29 is 13.9 Å². The molecule has 1 amide bonds. The number of aromatic nitrogens is 3. The lowest BCUT2D eigenvalue weighted by Gasteiger charge is -2.31. The van der Waals surface area contributed by atoms with Crippen molar-refractivity contribution in [3.8, 4) is 17.3 Å². The summed E-state index contributed by atoms with van der Waals surface area (Å²) in [6, 6.07) is 11.8. The highest BCUT2D eigenvalue weighted by atomic mass is 35.5. The first-order valence-corrected chi connectivity index (χ1v) is 15.3. The summed E-state index contributed by atoms with van der Waals surface area (Å²) in [6.45, 7) is 3.70. The SMILES string of the molecule is O=C1CCC2(COc3nc(N4CCC5CNC(C5)C4)c4cnc(-c5cccc6cccc(Cl)c56)c(F)c4n3)CCCN12. The molecule has 1 N–H and O–H groups in total. The molecule has 8 nitrogen and oxygen atoms in total. The Kier molecular flexibility index (Phi) is 6.23. The van der Waals surface area contributed by atoms with Crippen LogP contribution in [0.1, 0.15) is 38.5 Å². The normalized spacial score (nSPS) is 25.4. The Bertz CT molecular complexity index is 1730. The lowest BCUT2D eigenvalue weighted by molar-refractivity contribution is -0.130. The van der Waals surface area contributed by atoms with Crippen LogP contribution < -0.4 is 15.0 Å². The predicted molar refractivity (Wildman–Crippen MR) is 160 cm³/mol. The number of hydrogen-bond acceptors (Lipinski definition) is 7. The molecule has 4 aliphatic heterocycles. The number of pyridine rings is 1. The standard InChI is InChI=1S/C32H32ClFN6O2/c33-24-7-2-5-20-4-1-6-22(26(20)24)28-27(34)29-23(16-36-28)30(39-13-9-19-14-21(17-39)35-15-19)38-31(37-29)42-18-32-10-3-12-40(32)25(41)8-11-32/h1-2,4-7,16,19,21,35H,3,8-15,17-18H2. The average Bonchev–Trinajstić information content (AvgIpc) is 3.66. The quantitative estimate of drug-likeness (QED) is 0.337. The van der Waals surface area contributed by atoms with Crippen LogP contribution in [-0.2, 0) is 4.79 Å². The minimum atomic E-state index is -0.528. The molecule has 4 fully saturated rings. The van der Waals surface area contributed by atoms with Crippen LogP contribution in [0.15, 0.2) is 42.6 Å². The van der Waals surface area contributed by atoms with Gasteiger partial charge in [0.05, 0.1) is 10.9 Å². The Morgan fingerprint density at radius 3 is 2.93 bits per heavy atom. The van der Waals surface area contributed by atoms with Crippen molar-refractivity contribution in [3.05, 3.63) is 53.4 Å². The highest BCUT2D eigenvalue weighted by Gasteiger charge is 2.49. The van der Waals surface area contributed by atoms with Gasteiger partial charge in [-0.15, -0.1) is 0 Å². The smallest absolute Gasteiger partial charge is 0.319 e. The molecule has 4 saturated heterocycles. The lowest BCUT2D eigenvalue weighted by atomic mass is 9.95. The van der Waals surface area contributed by atoms with Gasteiger partial charge in [-0.25, -0.2) is 4.39 Å². The number of nitrogens with zero attached hydrogens (tertiary/aromatic N) is 5. The van der Waals surface area contributed by atoms with E-state index in [1.807, 2.05) is 35.2 Å². The topological polar surface area (TPSA) is 83.5 Å². The zero-order valence-corrected chi connectivity index (χ0v) is 24.0. The van der Waals surface area contributed by atoms with E-state index < -0.39 is 5.82 Å². The van der Waals surface area contributed by atoms with Crippen LogP contribution in [0.2, 0.25) is 5.02 Å². The maximum absolute atomic E-state index is 16.6. The molecule has 0 radical (unpaired) electrons. The molecule has 42 heavy (non-hydrogen) atoms. The molecule has 2 aromatic heterocycles. The van der Waals surface area contributed by atoms with Crippen molar-refractivity contribution in [1.82, 2.24) is 25.2 Å². The van der Waals surface area contributed by atoms with Gasteiger partial charge in [-0.3, -0.25) is 9.78 Å². The molecule has 4 aliphatic rings. The molecule has 3 atom stereocenters. The summed E-state index contributed by atoms with van der Waals surface area (Å²) in [5.74, 6) is 0.925. The fourth-order valence-corrected chi connectivity index (χ4v) is 7.92. The van der Waals surface area contributed by atoms with Crippen LogP contribution in [0.3, 0.4) is 0 Å². The Labute approximate surface area is 248 Å². The Balaban J connectivity index is 1.25. The maximum atomic E-state index is 16.6. The number of carbonyl (C=O) groups excluding carboxylic acids is 1. The predicted octanol–water partition coefficient (Wildman–Crippen LogP) is 5.36. The van der Waals surface area contributed by atoms with E-state index in [1.165, 1.54) is 0 Å². The van der Waals surface area contributed by atoms with Crippen molar-refractivity contribution in [2.45, 2.75) is 50.1 Å². The summed E-state index contributed by atoms with van der Waals surface area (Å²) < 4.78 is 22.9. The van der Waals surface area contributed by atoms with Crippen molar-refractivity contribution in [2.24, 2.45) is 5.92 Å². The zero-order valence-electron chi connectivity index (χ0n) is 23.3. The maximum Gasteiger partial charge on any atom is 0.319 e. The summed E-state index contributed by atoms with van der Waals surface area (Å²) in [7, 11) is 0. The fourth-order valence-electron chi connectivity index (χ4n) is 7.64. The van der Waals surface area contributed by atoms with E-state index >= 15 is 4.39 Å². The van der Waals surface area contributed by atoms with Crippen molar-refractivity contribution in [3.63, 3.8) is 0 Å². The van der Waals surface area contributed by atoms with Crippen LogP contribution in [0, 0.1) is 11.7 Å². The molecule has 0 saturated carbocycles. The molecule has 2 aromatic carbocycles. The van der Waals surface area contributed by atoms with Gasteiger partial charge in [-0.2, -0.15) is 9.97 Å². The molecule has 0 spiro atoms. The van der Waals surface area contributed by atoms with Gasteiger partial charge in [-0.05, 0) is 56.0 Å². The summed E-state index contributed by atoms with van der Waals surface area (Å²) in [4.78, 5) is 30.9. The number of amides is 1.